The fourth-order valence-corrected chi connectivity index (χ4v) is 6.59. The molecule has 5 rings (SSSR count). The number of benzene rings is 2. The second-order valence-corrected chi connectivity index (χ2v) is 11.4. The van der Waals surface area contributed by atoms with Crippen molar-refractivity contribution >= 4 is 31.6 Å². The summed E-state index contributed by atoms with van der Waals surface area (Å²) in [6, 6.07) is 13.0. The van der Waals surface area contributed by atoms with Gasteiger partial charge in [-0.1, -0.05) is 17.4 Å². The Kier molecular flexibility index (Phi) is 6.26. The summed E-state index contributed by atoms with van der Waals surface area (Å²) in [6.07, 6.45) is 5.14. The van der Waals surface area contributed by atoms with E-state index in [9.17, 15) is 12.8 Å². The van der Waals surface area contributed by atoms with Gasteiger partial charge in [-0.15, -0.1) is 0 Å². The molecule has 1 unspecified atom stereocenters. The van der Waals surface area contributed by atoms with Gasteiger partial charge in [-0.2, -0.15) is 0 Å². The zero-order valence-corrected chi connectivity index (χ0v) is 19.9. The second kappa shape index (κ2) is 9.17. The van der Waals surface area contributed by atoms with Crippen molar-refractivity contribution in [1.82, 2.24) is 14.6 Å². The molecular formula is C23H26FN3O4S2. The predicted octanol–water partition coefficient (Wildman–Crippen LogP) is 4.15. The summed E-state index contributed by atoms with van der Waals surface area (Å²) >= 11 is 1.18. The first-order chi connectivity index (χ1) is 15.8. The Morgan fingerprint density at radius 1 is 1.12 bits per heavy atom. The Labute approximate surface area is 196 Å². The molecule has 2 saturated heterocycles. The number of aromatic nitrogens is 1. The average molecular weight is 492 g/mol. The third kappa shape index (κ3) is 5.29. The lowest BCUT2D eigenvalue weighted by Crippen LogP contribution is -2.51. The molecule has 0 amide bonds. The maximum absolute atomic E-state index is 13.8. The molecule has 2 aliphatic heterocycles. The second-order valence-electron chi connectivity index (χ2n) is 8.67. The van der Waals surface area contributed by atoms with E-state index in [1.165, 1.54) is 23.7 Å². The molecule has 1 aromatic heterocycles. The number of nitrogens with zero attached hydrogens (tertiary/aromatic N) is 2. The van der Waals surface area contributed by atoms with Crippen LogP contribution < -0.4 is 14.2 Å². The Morgan fingerprint density at radius 2 is 1.82 bits per heavy atom. The summed E-state index contributed by atoms with van der Waals surface area (Å²) in [7, 11) is -3.17. The van der Waals surface area contributed by atoms with Crippen LogP contribution in [0.5, 0.6) is 16.7 Å². The number of halogens is 1. The van der Waals surface area contributed by atoms with Gasteiger partial charge < -0.3 is 9.47 Å². The molecule has 2 bridgehead atoms. The molecule has 10 heteroatoms. The van der Waals surface area contributed by atoms with Gasteiger partial charge >= 0.3 is 0 Å². The van der Waals surface area contributed by atoms with Gasteiger partial charge in [0.15, 0.2) is 0 Å². The molecule has 3 aromatic rings. The van der Waals surface area contributed by atoms with Crippen LogP contribution in [-0.2, 0) is 10.0 Å². The lowest BCUT2D eigenvalue weighted by atomic mass is 9.98. The molecule has 3 atom stereocenters. The fourth-order valence-electron chi connectivity index (χ4n) is 4.95. The van der Waals surface area contributed by atoms with Crippen LogP contribution in [0.4, 0.5) is 4.39 Å². The number of hydrogen-bond acceptors (Lipinski definition) is 7. The average Bonchev–Trinajstić information content (AvgIpc) is 3.27. The van der Waals surface area contributed by atoms with Crippen molar-refractivity contribution in [2.24, 2.45) is 0 Å². The summed E-state index contributed by atoms with van der Waals surface area (Å²) in [5.41, 5.74) is 0.583. The molecule has 7 nitrogen and oxygen atoms in total. The smallest absolute Gasteiger partial charge is 0.279 e. The molecule has 2 fully saturated rings. The Morgan fingerprint density at radius 3 is 2.48 bits per heavy atom. The van der Waals surface area contributed by atoms with E-state index in [-0.39, 0.29) is 11.9 Å². The van der Waals surface area contributed by atoms with E-state index in [4.69, 9.17) is 9.47 Å². The number of piperidine rings is 1. The molecule has 1 N–H and O–H groups in total. The zero-order chi connectivity index (χ0) is 23.0. The van der Waals surface area contributed by atoms with E-state index in [0.717, 1.165) is 38.0 Å². The number of fused-ring (bicyclic) bond motifs is 3. The molecule has 0 spiro atoms. The Bertz CT molecular complexity index is 1220. The highest BCUT2D eigenvalue weighted by Gasteiger charge is 2.41. The highest BCUT2D eigenvalue weighted by molar-refractivity contribution is 7.88. The van der Waals surface area contributed by atoms with Gasteiger partial charge in [-0.05, 0) is 62.1 Å². The largest absolute Gasteiger partial charge is 0.492 e. The zero-order valence-electron chi connectivity index (χ0n) is 18.2. The highest BCUT2D eigenvalue weighted by Crippen LogP contribution is 2.36. The van der Waals surface area contributed by atoms with E-state index in [2.05, 4.69) is 14.6 Å². The summed E-state index contributed by atoms with van der Waals surface area (Å²) in [5, 5.41) is 0.396. The number of hydrogen-bond donors (Lipinski definition) is 1. The lowest BCUT2D eigenvalue weighted by Gasteiger charge is -2.38. The molecule has 0 aliphatic carbocycles. The lowest BCUT2D eigenvalue weighted by molar-refractivity contribution is 0.103. The third-order valence-corrected chi connectivity index (χ3v) is 7.98. The van der Waals surface area contributed by atoms with Crippen molar-refractivity contribution in [3.05, 3.63) is 48.3 Å². The van der Waals surface area contributed by atoms with Gasteiger partial charge in [0.2, 0.25) is 10.0 Å². The van der Waals surface area contributed by atoms with E-state index in [1.807, 2.05) is 24.3 Å². The first-order valence-corrected chi connectivity index (χ1v) is 13.7. The number of sulfonamides is 1. The van der Waals surface area contributed by atoms with Gasteiger partial charge in [0.25, 0.3) is 5.19 Å². The first kappa shape index (κ1) is 22.5. The van der Waals surface area contributed by atoms with Crippen LogP contribution in [-0.4, -0.2) is 55.8 Å². The summed E-state index contributed by atoms with van der Waals surface area (Å²) < 4.78 is 51.9. The standard InChI is InChI=1S/C23H26FN3O4S2/c1-33(28,29)26-15-13-16-5-6-17(14-15)27(16)11-12-30-18-7-9-19(10-8-18)31-23-25-21-4-2-3-20(24)22(21)32-23/h2-4,7-10,15-17,26H,5-6,11-14H2,1H3/t15?,16-,17+. The highest BCUT2D eigenvalue weighted by atomic mass is 32.2. The van der Waals surface area contributed by atoms with Crippen LogP contribution in [0, 0.1) is 5.82 Å². The van der Waals surface area contributed by atoms with Crippen LogP contribution in [0.3, 0.4) is 0 Å². The normalized spacial score (nSPS) is 23.2. The van der Waals surface area contributed by atoms with E-state index in [0.29, 0.717) is 39.9 Å². The van der Waals surface area contributed by atoms with Gasteiger partial charge in [-0.25, -0.2) is 22.5 Å². The minimum Gasteiger partial charge on any atom is -0.492 e. The number of rotatable bonds is 8. The van der Waals surface area contributed by atoms with E-state index >= 15 is 0 Å². The molecule has 0 radical (unpaired) electrons. The topological polar surface area (TPSA) is 80.8 Å². The number of thiazole rings is 1. The first-order valence-electron chi connectivity index (χ1n) is 11.0. The minimum atomic E-state index is -3.17. The predicted molar refractivity (Wildman–Crippen MR) is 126 cm³/mol. The maximum atomic E-state index is 13.8. The summed E-state index contributed by atoms with van der Waals surface area (Å²) in [4.78, 5) is 6.78. The quantitative estimate of drug-likeness (QED) is 0.510. The van der Waals surface area contributed by atoms with E-state index < -0.39 is 10.0 Å². The van der Waals surface area contributed by atoms with Gasteiger partial charge in [0.1, 0.15) is 23.9 Å². The van der Waals surface area contributed by atoms with E-state index in [1.54, 1.807) is 12.1 Å². The SMILES string of the molecule is CS(=O)(=O)NC1C[C@H]2CC[C@@H](C1)N2CCOc1ccc(Oc2nc3cccc(F)c3s2)cc1. The molecule has 176 valence electrons. The van der Waals surface area contributed by atoms with Gasteiger partial charge in [0.05, 0.1) is 16.5 Å². The Hall–Kier alpha value is -2.27. The molecule has 2 aromatic carbocycles. The molecule has 2 aliphatic rings. The van der Waals surface area contributed by atoms with Crippen LogP contribution in [0.25, 0.3) is 10.2 Å². The maximum Gasteiger partial charge on any atom is 0.279 e. The Balaban J connectivity index is 1.12. The summed E-state index contributed by atoms with van der Waals surface area (Å²) in [6.45, 7) is 1.38. The minimum absolute atomic E-state index is 0.0362. The van der Waals surface area contributed by atoms with Crippen LogP contribution in [0.2, 0.25) is 0 Å². The van der Waals surface area contributed by atoms with Crippen molar-refractivity contribution in [3.8, 4) is 16.7 Å². The van der Waals surface area contributed by atoms with Crippen molar-refractivity contribution in [2.75, 3.05) is 19.4 Å². The van der Waals surface area contributed by atoms with Crippen LogP contribution in [0.1, 0.15) is 25.7 Å². The van der Waals surface area contributed by atoms with Crippen LogP contribution in [0.15, 0.2) is 42.5 Å². The van der Waals surface area contributed by atoms with Gasteiger partial charge in [0, 0.05) is 24.7 Å². The number of ether oxygens (including phenoxy) is 2. The third-order valence-electron chi connectivity index (χ3n) is 6.26. The molecule has 0 saturated carbocycles. The molecule has 33 heavy (non-hydrogen) atoms. The fraction of sp³-hybridized carbons (Fsp3) is 0.435. The molecule has 3 heterocycles. The van der Waals surface area contributed by atoms with Crippen molar-refractivity contribution < 1.29 is 22.3 Å². The molecular weight excluding hydrogens is 465 g/mol. The number of nitrogens with one attached hydrogen (secondary N) is 1. The van der Waals surface area contributed by atoms with Crippen molar-refractivity contribution in [3.63, 3.8) is 0 Å². The summed E-state index contributed by atoms with van der Waals surface area (Å²) in [5.74, 6) is 1.06. The van der Waals surface area contributed by atoms with Crippen molar-refractivity contribution in [2.45, 2.75) is 43.8 Å². The van der Waals surface area contributed by atoms with Gasteiger partial charge in [-0.3, -0.25) is 4.90 Å². The monoisotopic (exact) mass is 491 g/mol. The van der Waals surface area contributed by atoms with Crippen LogP contribution >= 0.6 is 11.3 Å². The van der Waals surface area contributed by atoms with Crippen molar-refractivity contribution in [1.29, 1.82) is 0 Å².